The van der Waals surface area contributed by atoms with E-state index in [0.717, 1.165) is 32.6 Å². The van der Waals surface area contributed by atoms with E-state index in [1.54, 1.807) is 0 Å². The number of anilines is 1. The molecule has 0 unspecified atom stereocenters. The first-order chi connectivity index (χ1) is 7.77. The van der Waals surface area contributed by atoms with E-state index in [0.29, 0.717) is 15.3 Å². The number of nitrogens with one attached hydrogen (secondary N) is 2. The van der Waals surface area contributed by atoms with Crippen molar-refractivity contribution in [2.24, 2.45) is 5.92 Å². The van der Waals surface area contributed by atoms with Gasteiger partial charge in [0.05, 0.1) is 6.33 Å². The van der Waals surface area contributed by atoms with Crippen molar-refractivity contribution >= 4 is 28.4 Å². The molecule has 1 fully saturated rings. The summed E-state index contributed by atoms with van der Waals surface area (Å²) in [5.41, 5.74) is -0.0925. The first kappa shape index (κ1) is 11.8. The summed E-state index contributed by atoms with van der Waals surface area (Å²) in [6, 6.07) is 0. The number of H-pyrrole nitrogens is 1. The molecule has 0 amide bonds. The lowest BCUT2D eigenvalue weighted by molar-refractivity contribution is 0.0699. The molecule has 1 aliphatic rings. The molecule has 0 radical (unpaired) electrons. The molecule has 0 spiro atoms. The maximum Gasteiger partial charge on any atom is 0.266 e. The van der Waals surface area contributed by atoms with Crippen molar-refractivity contribution in [3.05, 3.63) is 20.3 Å². The van der Waals surface area contributed by atoms with Gasteiger partial charge in [0, 0.05) is 19.8 Å². The number of hydrogen-bond donors (Lipinski definition) is 2. The first-order valence-corrected chi connectivity index (χ1v) is 6.40. The third-order valence-corrected chi connectivity index (χ3v) is 3.70. The fourth-order valence-electron chi connectivity index (χ4n) is 1.70. The summed E-state index contributed by atoms with van der Waals surface area (Å²) in [5, 5.41) is 3.23. The zero-order valence-electron chi connectivity index (χ0n) is 8.83. The highest BCUT2D eigenvalue weighted by molar-refractivity contribution is 14.1. The predicted octanol–water partition coefficient (Wildman–Crippen LogP) is 1.21. The summed E-state index contributed by atoms with van der Waals surface area (Å²) in [6.07, 6.45) is 3.58. The minimum absolute atomic E-state index is 0.0925. The van der Waals surface area contributed by atoms with Crippen LogP contribution in [-0.4, -0.2) is 29.7 Å². The van der Waals surface area contributed by atoms with Crippen LogP contribution in [0.15, 0.2) is 11.1 Å². The molecular weight excluding hydrogens is 321 g/mol. The van der Waals surface area contributed by atoms with Gasteiger partial charge in [-0.05, 0) is 41.4 Å². The first-order valence-electron chi connectivity index (χ1n) is 5.32. The summed E-state index contributed by atoms with van der Waals surface area (Å²) in [4.78, 5) is 18.0. The molecule has 2 heterocycles. The summed E-state index contributed by atoms with van der Waals surface area (Å²) in [5.74, 6) is 1.29. The van der Waals surface area contributed by atoms with Crippen LogP contribution in [0.2, 0.25) is 0 Å². The van der Waals surface area contributed by atoms with E-state index < -0.39 is 0 Å². The second kappa shape index (κ2) is 5.62. The van der Waals surface area contributed by atoms with Crippen LogP contribution in [0.3, 0.4) is 0 Å². The maximum atomic E-state index is 11.3. The van der Waals surface area contributed by atoms with Crippen molar-refractivity contribution < 1.29 is 4.74 Å². The molecule has 0 atom stereocenters. The van der Waals surface area contributed by atoms with Crippen LogP contribution in [0, 0.1) is 9.49 Å². The standard InChI is InChI=1S/C10H14IN3O2/c11-8-9(13-6-14-10(8)15)12-5-7-1-3-16-4-2-7/h6-7H,1-5H2,(H2,12,13,14,15). The lowest BCUT2D eigenvalue weighted by atomic mass is 10.0. The molecule has 0 aromatic carbocycles. The second-order valence-electron chi connectivity index (χ2n) is 3.83. The van der Waals surface area contributed by atoms with E-state index in [-0.39, 0.29) is 5.56 Å². The molecule has 1 aliphatic heterocycles. The van der Waals surface area contributed by atoms with Crippen molar-refractivity contribution in [3.8, 4) is 0 Å². The van der Waals surface area contributed by atoms with Gasteiger partial charge in [0.1, 0.15) is 9.39 Å². The quantitative estimate of drug-likeness (QED) is 0.815. The zero-order valence-corrected chi connectivity index (χ0v) is 11.0. The van der Waals surface area contributed by atoms with Crippen molar-refractivity contribution in [3.63, 3.8) is 0 Å². The Labute approximate surface area is 107 Å². The van der Waals surface area contributed by atoms with Gasteiger partial charge in [-0.1, -0.05) is 0 Å². The van der Waals surface area contributed by atoms with E-state index in [2.05, 4.69) is 15.3 Å². The molecule has 5 nitrogen and oxygen atoms in total. The van der Waals surface area contributed by atoms with Crippen molar-refractivity contribution in [1.29, 1.82) is 0 Å². The van der Waals surface area contributed by atoms with Crippen LogP contribution in [0.25, 0.3) is 0 Å². The monoisotopic (exact) mass is 335 g/mol. The van der Waals surface area contributed by atoms with Gasteiger partial charge in [-0.25, -0.2) is 4.98 Å². The smallest absolute Gasteiger partial charge is 0.266 e. The van der Waals surface area contributed by atoms with Gasteiger partial charge in [-0.3, -0.25) is 4.79 Å². The number of ether oxygens (including phenoxy) is 1. The van der Waals surface area contributed by atoms with E-state index in [1.165, 1.54) is 6.33 Å². The molecule has 1 aromatic rings. The molecule has 6 heteroatoms. The fourth-order valence-corrected chi connectivity index (χ4v) is 2.18. The van der Waals surface area contributed by atoms with Crippen LogP contribution < -0.4 is 10.9 Å². The van der Waals surface area contributed by atoms with Crippen LogP contribution in [-0.2, 0) is 4.74 Å². The Morgan fingerprint density at radius 1 is 1.56 bits per heavy atom. The molecule has 2 rings (SSSR count). The molecule has 16 heavy (non-hydrogen) atoms. The lowest BCUT2D eigenvalue weighted by Crippen LogP contribution is -2.24. The Morgan fingerprint density at radius 3 is 3.06 bits per heavy atom. The van der Waals surface area contributed by atoms with Crippen LogP contribution in [0.1, 0.15) is 12.8 Å². The SMILES string of the molecule is O=c1[nH]cnc(NCC2CCOCC2)c1I. The largest absolute Gasteiger partial charge is 0.381 e. The minimum Gasteiger partial charge on any atom is -0.381 e. The van der Waals surface area contributed by atoms with Crippen LogP contribution >= 0.6 is 22.6 Å². The number of aromatic nitrogens is 2. The molecule has 1 saturated heterocycles. The maximum absolute atomic E-state index is 11.3. The van der Waals surface area contributed by atoms with Gasteiger partial charge < -0.3 is 15.0 Å². The van der Waals surface area contributed by atoms with E-state index in [4.69, 9.17) is 4.74 Å². The van der Waals surface area contributed by atoms with Crippen molar-refractivity contribution in [2.45, 2.75) is 12.8 Å². The number of hydrogen-bond acceptors (Lipinski definition) is 4. The van der Waals surface area contributed by atoms with Crippen molar-refractivity contribution in [1.82, 2.24) is 9.97 Å². The molecule has 88 valence electrons. The highest BCUT2D eigenvalue weighted by Gasteiger charge is 2.14. The molecule has 2 N–H and O–H groups in total. The Morgan fingerprint density at radius 2 is 2.31 bits per heavy atom. The summed E-state index contributed by atoms with van der Waals surface area (Å²) in [7, 11) is 0. The van der Waals surface area contributed by atoms with Gasteiger partial charge in [-0.2, -0.15) is 0 Å². The van der Waals surface area contributed by atoms with Crippen LogP contribution in [0.4, 0.5) is 5.82 Å². The summed E-state index contributed by atoms with van der Waals surface area (Å²) in [6.45, 7) is 2.54. The molecular formula is C10H14IN3O2. The van der Waals surface area contributed by atoms with Gasteiger partial charge in [0.15, 0.2) is 0 Å². The third-order valence-electron chi connectivity index (χ3n) is 2.70. The highest BCUT2D eigenvalue weighted by Crippen LogP contribution is 2.16. The Balaban J connectivity index is 1.93. The molecule has 0 saturated carbocycles. The zero-order chi connectivity index (χ0) is 11.4. The Hall–Kier alpha value is -0.630. The Kier molecular flexibility index (Phi) is 4.16. The minimum atomic E-state index is -0.0925. The number of rotatable bonds is 3. The average Bonchev–Trinajstić information content (AvgIpc) is 2.32. The average molecular weight is 335 g/mol. The van der Waals surface area contributed by atoms with Gasteiger partial charge in [-0.15, -0.1) is 0 Å². The van der Waals surface area contributed by atoms with Gasteiger partial charge in [0.25, 0.3) is 5.56 Å². The fraction of sp³-hybridized carbons (Fsp3) is 0.600. The van der Waals surface area contributed by atoms with E-state index in [1.807, 2.05) is 22.6 Å². The molecule has 0 bridgehead atoms. The van der Waals surface area contributed by atoms with E-state index >= 15 is 0 Å². The lowest BCUT2D eigenvalue weighted by Gasteiger charge is -2.22. The number of nitrogens with zero attached hydrogens (tertiary/aromatic N) is 1. The van der Waals surface area contributed by atoms with Gasteiger partial charge >= 0.3 is 0 Å². The molecule has 0 aliphatic carbocycles. The number of halogens is 1. The van der Waals surface area contributed by atoms with Gasteiger partial charge in [0.2, 0.25) is 0 Å². The normalized spacial score (nSPS) is 17.3. The predicted molar refractivity (Wildman–Crippen MR) is 69.6 cm³/mol. The van der Waals surface area contributed by atoms with Crippen LogP contribution in [0.5, 0.6) is 0 Å². The highest BCUT2D eigenvalue weighted by atomic mass is 127. The van der Waals surface area contributed by atoms with Crippen molar-refractivity contribution in [2.75, 3.05) is 25.1 Å². The topological polar surface area (TPSA) is 67.0 Å². The van der Waals surface area contributed by atoms with E-state index in [9.17, 15) is 4.79 Å². The number of aromatic amines is 1. The third kappa shape index (κ3) is 2.94. The summed E-state index contributed by atoms with van der Waals surface area (Å²) >= 11 is 2.01. The molecule has 1 aromatic heterocycles. The Bertz CT molecular complexity index is 401. The summed E-state index contributed by atoms with van der Waals surface area (Å²) < 4.78 is 5.91. The second-order valence-corrected chi connectivity index (χ2v) is 4.91.